The highest BCUT2D eigenvalue weighted by Gasteiger charge is 2.27. The van der Waals surface area contributed by atoms with Gasteiger partial charge in [-0.1, -0.05) is 11.3 Å². The first-order valence-electron chi connectivity index (χ1n) is 10.9. The predicted molar refractivity (Wildman–Crippen MR) is 119 cm³/mol. The molecule has 0 amide bonds. The zero-order valence-corrected chi connectivity index (χ0v) is 18.6. The van der Waals surface area contributed by atoms with Crippen LogP contribution in [0.1, 0.15) is 43.4 Å². The number of ether oxygens (including phenoxy) is 1. The lowest BCUT2D eigenvalue weighted by atomic mass is 10.1. The average Bonchev–Trinajstić information content (AvgIpc) is 3.57. The standard InChI is InChI=1S/C23H22F2N8O/c1-14-21(29-30-33(14)17-6-8-31(11-17)12-26)16-9-19-22(32(13-28-19)23(24)25)20(10-16)34-15(2)18-5-3-4-7-27-18/h3-5,7,9-10,13,15,17,23H,6,8,11H2,1-2H3/t15-,17?/m1/s1. The summed E-state index contributed by atoms with van der Waals surface area (Å²) in [6.45, 7) is 2.21. The summed E-state index contributed by atoms with van der Waals surface area (Å²) in [6.07, 6.45) is 5.25. The molecule has 1 aliphatic rings. The summed E-state index contributed by atoms with van der Waals surface area (Å²) in [5.74, 6) is 0.258. The summed E-state index contributed by atoms with van der Waals surface area (Å²) in [5.41, 5.74) is 3.34. The molecule has 3 aromatic heterocycles. The van der Waals surface area contributed by atoms with Crippen molar-refractivity contribution in [3.63, 3.8) is 0 Å². The Bertz CT molecular complexity index is 1360. The van der Waals surface area contributed by atoms with Crippen LogP contribution in [0.5, 0.6) is 5.75 Å². The summed E-state index contributed by atoms with van der Waals surface area (Å²) in [5, 5.41) is 17.9. The monoisotopic (exact) mass is 464 g/mol. The van der Waals surface area contributed by atoms with Crippen LogP contribution in [-0.4, -0.2) is 47.5 Å². The summed E-state index contributed by atoms with van der Waals surface area (Å²) < 4.78 is 36.2. The number of fused-ring (bicyclic) bond motifs is 1. The van der Waals surface area contributed by atoms with Crippen molar-refractivity contribution in [2.75, 3.05) is 13.1 Å². The van der Waals surface area contributed by atoms with E-state index in [1.54, 1.807) is 29.3 Å². The number of rotatable bonds is 6. The van der Waals surface area contributed by atoms with Gasteiger partial charge >= 0.3 is 6.55 Å². The Hall–Kier alpha value is -4.07. The lowest BCUT2D eigenvalue weighted by molar-refractivity contribution is 0.0737. The van der Waals surface area contributed by atoms with Gasteiger partial charge in [0, 0.05) is 18.3 Å². The molecule has 5 rings (SSSR count). The van der Waals surface area contributed by atoms with E-state index in [0.717, 1.165) is 23.0 Å². The highest BCUT2D eigenvalue weighted by atomic mass is 19.3. The number of likely N-dealkylation sites (tertiary alicyclic amines) is 1. The summed E-state index contributed by atoms with van der Waals surface area (Å²) in [6, 6.07) is 8.91. The summed E-state index contributed by atoms with van der Waals surface area (Å²) in [7, 11) is 0. The van der Waals surface area contributed by atoms with Crippen LogP contribution >= 0.6 is 0 Å². The third kappa shape index (κ3) is 3.81. The van der Waals surface area contributed by atoms with E-state index in [9.17, 15) is 8.78 Å². The first-order valence-corrected chi connectivity index (χ1v) is 10.9. The number of nitriles is 1. The van der Waals surface area contributed by atoms with E-state index in [1.165, 1.54) is 0 Å². The molecule has 0 spiro atoms. The molecule has 174 valence electrons. The van der Waals surface area contributed by atoms with Crippen molar-refractivity contribution >= 4 is 11.0 Å². The Morgan fingerprint density at radius 3 is 2.79 bits per heavy atom. The number of imidazole rings is 1. The maximum Gasteiger partial charge on any atom is 0.320 e. The fourth-order valence-electron chi connectivity index (χ4n) is 4.36. The molecule has 1 unspecified atom stereocenters. The third-order valence-electron chi connectivity index (χ3n) is 6.10. The van der Waals surface area contributed by atoms with E-state index < -0.39 is 12.7 Å². The molecule has 11 heteroatoms. The van der Waals surface area contributed by atoms with E-state index in [1.807, 2.05) is 30.7 Å². The Labute approximate surface area is 194 Å². The number of aromatic nitrogens is 6. The first kappa shape index (κ1) is 21.8. The summed E-state index contributed by atoms with van der Waals surface area (Å²) in [4.78, 5) is 10.2. The van der Waals surface area contributed by atoms with E-state index in [2.05, 4.69) is 26.5 Å². The average molecular weight is 464 g/mol. The fraction of sp³-hybridized carbons (Fsp3) is 0.348. The SMILES string of the molecule is Cc1c(-c2cc(O[C@H](C)c3ccccn3)c3c(c2)ncn3C(F)F)nnn1C1CCN(C#N)C1. The van der Waals surface area contributed by atoms with Crippen molar-refractivity contribution in [3.8, 4) is 23.2 Å². The van der Waals surface area contributed by atoms with Gasteiger partial charge in [-0.25, -0.2) is 9.67 Å². The van der Waals surface area contributed by atoms with Gasteiger partial charge in [-0.2, -0.15) is 14.0 Å². The minimum atomic E-state index is -2.77. The number of halogens is 2. The summed E-state index contributed by atoms with van der Waals surface area (Å²) >= 11 is 0. The molecule has 9 nitrogen and oxygen atoms in total. The highest BCUT2D eigenvalue weighted by Crippen LogP contribution is 2.37. The molecule has 4 aromatic rings. The predicted octanol–water partition coefficient (Wildman–Crippen LogP) is 4.26. The minimum absolute atomic E-state index is 0.0440. The molecule has 1 saturated heterocycles. The molecular formula is C23H22F2N8O. The van der Waals surface area contributed by atoms with Gasteiger partial charge in [-0.05, 0) is 44.5 Å². The van der Waals surface area contributed by atoms with Gasteiger partial charge in [-0.15, -0.1) is 5.10 Å². The third-order valence-corrected chi connectivity index (χ3v) is 6.10. The topological polar surface area (TPSA) is 97.7 Å². The van der Waals surface area contributed by atoms with E-state index in [-0.39, 0.29) is 17.3 Å². The second-order valence-electron chi connectivity index (χ2n) is 8.24. The zero-order chi connectivity index (χ0) is 23.8. The van der Waals surface area contributed by atoms with Crippen LogP contribution in [-0.2, 0) is 0 Å². The van der Waals surface area contributed by atoms with Gasteiger partial charge in [0.05, 0.1) is 29.5 Å². The van der Waals surface area contributed by atoms with Crippen molar-refractivity contribution in [1.29, 1.82) is 5.26 Å². The number of pyridine rings is 1. The molecule has 4 heterocycles. The zero-order valence-electron chi connectivity index (χ0n) is 18.6. The normalized spacial score (nSPS) is 16.8. The Morgan fingerprint density at radius 2 is 2.09 bits per heavy atom. The van der Waals surface area contributed by atoms with Crippen LogP contribution in [0.2, 0.25) is 0 Å². The van der Waals surface area contributed by atoms with Gasteiger partial charge in [0.15, 0.2) is 6.19 Å². The highest BCUT2D eigenvalue weighted by molar-refractivity contribution is 5.87. The van der Waals surface area contributed by atoms with Crippen molar-refractivity contribution in [3.05, 3.63) is 54.2 Å². The van der Waals surface area contributed by atoms with Gasteiger partial charge < -0.3 is 9.64 Å². The fourth-order valence-corrected chi connectivity index (χ4v) is 4.36. The number of alkyl halides is 2. The lowest BCUT2D eigenvalue weighted by Crippen LogP contribution is -2.17. The molecule has 34 heavy (non-hydrogen) atoms. The van der Waals surface area contributed by atoms with Crippen LogP contribution in [0.15, 0.2) is 42.9 Å². The van der Waals surface area contributed by atoms with Gasteiger partial charge in [-0.3, -0.25) is 9.55 Å². The molecule has 0 N–H and O–H groups in total. The second-order valence-corrected chi connectivity index (χ2v) is 8.24. The van der Waals surface area contributed by atoms with Crippen molar-refractivity contribution in [1.82, 2.24) is 34.4 Å². The van der Waals surface area contributed by atoms with E-state index >= 15 is 0 Å². The molecule has 1 fully saturated rings. The molecule has 0 bridgehead atoms. The minimum Gasteiger partial charge on any atom is -0.482 e. The number of nitrogens with zero attached hydrogens (tertiary/aromatic N) is 8. The number of hydrogen-bond acceptors (Lipinski definition) is 7. The Balaban J connectivity index is 1.56. The van der Waals surface area contributed by atoms with Gasteiger partial charge in [0.2, 0.25) is 0 Å². The van der Waals surface area contributed by atoms with Gasteiger partial charge in [0.25, 0.3) is 0 Å². The van der Waals surface area contributed by atoms with Crippen molar-refractivity contribution in [2.24, 2.45) is 0 Å². The number of benzene rings is 1. The maximum absolute atomic E-state index is 13.7. The molecule has 0 radical (unpaired) electrons. The van der Waals surface area contributed by atoms with Gasteiger partial charge in [0.1, 0.15) is 29.4 Å². The Kier molecular flexibility index (Phi) is 5.57. The maximum atomic E-state index is 13.7. The molecule has 1 aromatic carbocycles. The van der Waals surface area contributed by atoms with Crippen LogP contribution in [0.3, 0.4) is 0 Å². The van der Waals surface area contributed by atoms with Crippen LogP contribution < -0.4 is 4.74 Å². The van der Waals surface area contributed by atoms with Crippen LogP contribution in [0.25, 0.3) is 22.3 Å². The van der Waals surface area contributed by atoms with Crippen molar-refractivity contribution in [2.45, 2.75) is 39.0 Å². The van der Waals surface area contributed by atoms with Crippen LogP contribution in [0, 0.1) is 18.4 Å². The molecule has 0 aliphatic carbocycles. The molecule has 2 atom stereocenters. The Morgan fingerprint density at radius 1 is 1.24 bits per heavy atom. The number of hydrogen-bond donors (Lipinski definition) is 0. The first-order chi connectivity index (χ1) is 16.5. The largest absolute Gasteiger partial charge is 0.482 e. The molecule has 1 aliphatic heterocycles. The van der Waals surface area contributed by atoms with Crippen molar-refractivity contribution < 1.29 is 13.5 Å². The lowest BCUT2D eigenvalue weighted by Gasteiger charge is -2.17. The van der Waals surface area contributed by atoms with E-state index in [4.69, 9.17) is 10.00 Å². The quantitative estimate of drug-likeness (QED) is 0.393. The molecule has 0 saturated carbocycles. The second kappa shape index (κ2) is 8.70. The smallest absolute Gasteiger partial charge is 0.320 e. The molecular weight excluding hydrogens is 442 g/mol. The van der Waals surface area contributed by atoms with E-state index in [0.29, 0.717) is 35.6 Å². The van der Waals surface area contributed by atoms with Crippen LogP contribution in [0.4, 0.5) is 8.78 Å².